The van der Waals surface area contributed by atoms with Gasteiger partial charge >= 0.3 is 0 Å². The SMILES string of the molecule is C[C@H](c1ccc(C#N)cc1)n1c(N2CC[C@@H](F)[C@H](N)C2)nc2ccccc21.Cl. The van der Waals surface area contributed by atoms with Crippen molar-refractivity contribution in [2.45, 2.75) is 31.6 Å². The molecule has 3 aromatic rings. The van der Waals surface area contributed by atoms with Crippen molar-refractivity contribution in [3.05, 3.63) is 59.7 Å². The van der Waals surface area contributed by atoms with E-state index in [2.05, 4.69) is 22.5 Å². The predicted molar refractivity (Wildman–Crippen MR) is 112 cm³/mol. The lowest BCUT2D eigenvalue weighted by molar-refractivity contribution is 0.243. The van der Waals surface area contributed by atoms with Crippen molar-refractivity contribution in [2.75, 3.05) is 18.0 Å². The number of nitrogens with two attached hydrogens (primary N) is 1. The van der Waals surface area contributed by atoms with Gasteiger partial charge in [0, 0.05) is 13.1 Å². The molecule has 0 radical (unpaired) electrons. The van der Waals surface area contributed by atoms with Crippen molar-refractivity contribution in [3.63, 3.8) is 0 Å². The van der Waals surface area contributed by atoms with E-state index in [1.54, 1.807) is 0 Å². The van der Waals surface area contributed by atoms with Crippen LogP contribution in [-0.2, 0) is 0 Å². The van der Waals surface area contributed by atoms with Crippen LogP contribution in [0.15, 0.2) is 48.5 Å². The van der Waals surface area contributed by atoms with E-state index >= 15 is 0 Å². The molecule has 2 aromatic carbocycles. The molecule has 7 heteroatoms. The zero-order valence-electron chi connectivity index (χ0n) is 15.6. The minimum Gasteiger partial charge on any atom is -0.340 e. The number of hydrogen-bond donors (Lipinski definition) is 1. The summed E-state index contributed by atoms with van der Waals surface area (Å²) in [7, 11) is 0. The average Bonchev–Trinajstić information content (AvgIpc) is 3.09. The number of piperidine rings is 1. The predicted octanol–water partition coefficient (Wildman–Crippen LogP) is 3.81. The number of rotatable bonds is 3. The van der Waals surface area contributed by atoms with Gasteiger partial charge in [-0.2, -0.15) is 5.26 Å². The molecule has 0 saturated carbocycles. The summed E-state index contributed by atoms with van der Waals surface area (Å²) in [5.41, 5.74) is 9.64. The maximum absolute atomic E-state index is 13.9. The lowest BCUT2D eigenvalue weighted by Crippen LogP contribution is -2.50. The van der Waals surface area contributed by atoms with Crippen LogP contribution in [0.25, 0.3) is 11.0 Å². The van der Waals surface area contributed by atoms with Crippen molar-refractivity contribution in [2.24, 2.45) is 5.73 Å². The number of nitriles is 1. The van der Waals surface area contributed by atoms with Crippen molar-refractivity contribution in [1.82, 2.24) is 9.55 Å². The molecule has 0 unspecified atom stereocenters. The van der Waals surface area contributed by atoms with Gasteiger partial charge in [0.05, 0.1) is 34.7 Å². The molecule has 0 spiro atoms. The summed E-state index contributed by atoms with van der Waals surface area (Å²) in [5.74, 6) is 0.815. The molecule has 1 aliphatic heterocycles. The van der Waals surface area contributed by atoms with Gasteiger partial charge in [0.1, 0.15) is 6.17 Å². The zero-order valence-corrected chi connectivity index (χ0v) is 16.4. The fraction of sp³-hybridized carbons (Fsp3) is 0.333. The quantitative estimate of drug-likeness (QED) is 0.726. The second-order valence-corrected chi connectivity index (χ2v) is 7.09. The van der Waals surface area contributed by atoms with Crippen LogP contribution in [0, 0.1) is 11.3 Å². The molecule has 2 heterocycles. The van der Waals surface area contributed by atoms with Crippen molar-refractivity contribution in [1.29, 1.82) is 5.26 Å². The number of benzene rings is 2. The van der Waals surface area contributed by atoms with Crippen LogP contribution in [0.3, 0.4) is 0 Å². The Morgan fingerprint density at radius 1 is 1.21 bits per heavy atom. The lowest BCUT2D eigenvalue weighted by Gasteiger charge is -2.35. The Kier molecular flexibility index (Phi) is 5.87. The molecule has 1 fully saturated rings. The maximum atomic E-state index is 13.9. The fourth-order valence-corrected chi connectivity index (χ4v) is 3.76. The van der Waals surface area contributed by atoms with E-state index in [1.807, 2.05) is 48.5 Å². The number of alkyl halides is 1. The summed E-state index contributed by atoms with van der Waals surface area (Å²) in [6.45, 7) is 3.16. The number of hydrogen-bond acceptors (Lipinski definition) is 4. The van der Waals surface area contributed by atoms with Crippen LogP contribution in [0.1, 0.15) is 30.5 Å². The third-order valence-electron chi connectivity index (χ3n) is 5.34. The monoisotopic (exact) mass is 399 g/mol. The van der Waals surface area contributed by atoms with E-state index in [-0.39, 0.29) is 18.4 Å². The summed E-state index contributed by atoms with van der Waals surface area (Å²) in [4.78, 5) is 6.92. The molecule has 5 nitrogen and oxygen atoms in total. The molecule has 2 N–H and O–H groups in total. The third-order valence-corrected chi connectivity index (χ3v) is 5.34. The molecular formula is C21H23ClFN5. The number of imidazole rings is 1. The van der Waals surface area contributed by atoms with Gasteiger partial charge in [-0.1, -0.05) is 24.3 Å². The standard InChI is InChI=1S/C21H22FN5.ClH/c1-14(16-8-6-15(12-23)7-9-16)27-20-5-3-2-4-19(20)25-21(27)26-11-10-17(22)18(24)13-26;/h2-9,14,17-18H,10-11,13,24H2,1H3;1H/t14-,17-,18-;/m1./s1. The Balaban J connectivity index is 0.00000225. The Labute approximate surface area is 170 Å². The first-order valence-electron chi connectivity index (χ1n) is 9.20. The van der Waals surface area contributed by atoms with Crippen LogP contribution < -0.4 is 10.6 Å². The average molecular weight is 400 g/mol. The molecule has 3 atom stereocenters. The van der Waals surface area contributed by atoms with E-state index in [4.69, 9.17) is 16.0 Å². The summed E-state index contributed by atoms with van der Waals surface area (Å²) in [6.07, 6.45) is -0.551. The number of nitrogens with zero attached hydrogens (tertiary/aromatic N) is 4. The number of anilines is 1. The number of aromatic nitrogens is 2. The van der Waals surface area contributed by atoms with Gasteiger partial charge in [0.2, 0.25) is 5.95 Å². The van der Waals surface area contributed by atoms with Crippen LogP contribution >= 0.6 is 12.4 Å². The van der Waals surface area contributed by atoms with Crippen molar-refractivity contribution >= 4 is 29.4 Å². The molecule has 4 rings (SSSR count). The van der Waals surface area contributed by atoms with Gasteiger partial charge in [-0.25, -0.2) is 9.37 Å². The molecule has 1 saturated heterocycles. The second-order valence-electron chi connectivity index (χ2n) is 7.09. The normalized spacial score (nSPS) is 20.4. The molecular weight excluding hydrogens is 377 g/mol. The summed E-state index contributed by atoms with van der Waals surface area (Å²) in [6, 6.07) is 17.3. The molecule has 0 aliphatic carbocycles. The highest BCUT2D eigenvalue weighted by molar-refractivity contribution is 5.85. The van der Waals surface area contributed by atoms with Gasteiger partial charge in [0.25, 0.3) is 0 Å². The molecule has 0 amide bonds. The second kappa shape index (κ2) is 8.17. The lowest BCUT2D eigenvalue weighted by atomic mass is 10.0. The van der Waals surface area contributed by atoms with E-state index in [0.717, 1.165) is 22.5 Å². The highest BCUT2D eigenvalue weighted by Crippen LogP contribution is 2.32. The minimum absolute atomic E-state index is 0. The van der Waals surface area contributed by atoms with E-state index in [1.165, 1.54) is 0 Å². The maximum Gasteiger partial charge on any atom is 0.207 e. The van der Waals surface area contributed by atoms with Gasteiger partial charge in [0.15, 0.2) is 0 Å². The molecule has 28 heavy (non-hydrogen) atoms. The topological polar surface area (TPSA) is 70.9 Å². The largest absolute Gasteiger partial charge is 0.340 e. The Morgan fingerprint density at radius 2 is 1.93 bits per heavy atom. The van der Waals surface area contributed by atoms with Crippen molar-refractivity contribution in [3.8, 4) is 6.07 Å². The van der Waals surface area contributed by atoms with Crippen molar-refractivity contribution < 1.29 is 4.39 Å². The van der Waals surface area contributed by atoms with Crippen LogP contribution in [0.4, 0.5) is 10.3 Å². The molecule has 146 valence electrons. The van der Waals surface area contributed by atoms with E-state index in [0.29, 0.717) is 25.1 Å². The summed E-state index contributed by atoms with van der Waals surface area (Å²) in [5, 5.41) is 9.04. The first-order chi connectivity index (χ1) is 13.1. The van der Waals surface area contributed by atoms with E-state index < -0.39 is 12.2 Å². The zero-order chi connectivity index (χ0) is 19.0. The van der Waals surface area contributed by atoms with Gasteiger partial charge < -0.3 is 15.2 Å². The smallest absolute Gasteiger partial charge is 0.207 e. The first-order valence-corrected chi connectivity index (χ1v) is 9.20. The van der Waals surface area contributed by atoms with Crippen LogP contribution in [0.5, 0.6) is 0 Å². The van der Waals surface area contributed by atoms with Crippen LogP contribution in [-0.4, -0.2) is 34.9 Å². The minimum atomic E-state index is -0.963. The number of para-hydroxylation sites is 2. The van der Waals surface area contributed by atoms with Gasteiger partial charge in [-0.05, 0) is 43.2 Å². The third kappa shape index (κ3) is 3.56. The fourth-order valence-electron chi connectivity index (χ4n) is 3.76. The Hall–Kier alpha value is -2.62. The molecule has 1 aliphatic rings. The highest BCUT2D eigenvalue weighted by Gasteiger charge is 2.30. The highest BCUT2D eigenvalue weighted by atomic mass is 35.5. The summed E-state index contributed by atoms with van der Waals surface area (Å²) < 4.78 is 16.0. The Bertz CT molecular complexity index is 994. The van der Waals surface area contributed by atoms with Gasteiger partial charge in [-0.3, -0.25) is 0 Å². The summed E-state index contributed by atoms with van der Waals surface area (Å²) >= 11 is 0. The van der Waals surface area contributed by atoms with Crippen LogP contribution in [0.2, 0.25) is 0 Å². The number of halogens is 2. The van der Waals surface area contributed by atoms with E-state index in [9.17, 15) is 4.39 Å². The Morgan fingerprint density at radius 3 is 2.61 bits per heavy atom. The molecule has 1 aromatic heterocycles. The molecule has 0 bridgehead atoms. The number of fused-ring (bicyclic) bond motifs is 1. The first kappa shape index (κ1) is 20.1. The van der Waals surface area contributed by atoms with Gasteiger partial charge in [-0.15, -0.1) is 12.4 Å².